The first-order valence-corrected chi connectivity index (χ1v) is 10.6. The molecule has 1 aromatic heterocycles. The van der Waals surface area contributed by atoms with E-state index in [1.165, 1.54) is 30.6 Å². The fourth-order valence-electron chi connectivity index (χ4n) is 2.74. The number of anilines is 1. The van der Waals surface area contributed by atoms with Gasteiger partial charge in [0.25, 0.3) is 10.2 Å². The highest BCUT2D eigenvalue weighted by Crippen LogP contribution is 2.32. The number of aromatic carboxylic acids is 1. The number of halogens is 2. The minimum atomic E-state index is -3.98. The second-order valence-electron chi connectivity index (χ2n) is 6.10. The average Bonchev–Trinajstić information content (AvgIpc) is 3.10. The number of carbonyl (C=O) groups excluding carboxylic acids is 1. The number of nitrogens with one attached hydrogen (secondary N) is 2. The predicted octanol–water partition coefficient (Wildman–Crippen LogP) is 2.46. The van der Waals surface area contributed by atoms with Gasteiger partial charge in [-0.2, -0.15) is 17.4 Å². The Balaban J connectivity index is 1.84. The van der Waals surface area contributed by atoms with Gasteiger partial charge in [0.1, 0.15) is 11.9 Å². The molecule has 1 amide bonds. The number of hydrogen-bond donors (Lipinski definition) is 3. The van der Waals surface area contributed by atoms with E-state index in [9.17, 15) is 22.4 Å². The lowest BCUT2D eigenvalue weighted by molar-refractivity contribution is -0.120. The van der Waals surface area contributed by atoms with Crippen LogP contribution in [-0.4, -0.2) is 42.8 Å². The molecule has 1 fully saturated rings. The van der Waals surface area contributed by atoms with Crippen LogP contribution in [0.25, 0.3) is 0 Å². The van der Waals surface area contributed by atoms with Crippen LogP contribution in [0.15, 0.2) is 29.6 Å². The summed E-state index contributed by atoms with van der Waals surface area (Å²) >= 11 is 6.79. The molecule has 0 spiro atoms. The maximum Gasteiger partial charge on any atom is 0.336 e. The van der Waals surface area contributed by atoms with E-state index in [4.69, 9.17) is 16.7 Å². The summed E-state index contributed by atoms with van der Waals surface area (Å²) in [5, 5.41) is 12.8. The number of rotatable bonds is 4. The third-order valence-electron chi connectivity index (χ3n) is 4.27. The number of carbonyl (C=O) groups is 2. The van der Waals surface area contributed by atoms with Crippen LogP contribution in [0.5, 0.6) is 0 Å². The first-order valence-electron chi connectivity index (χ1n) is 7.91. The lowest BCUT2D eigenvalue weighted by Crippen LogP contribution is -2.55. The summed E-state index contributed by atoms with van der Waals surface area (Å²) in [7, 11) is -2.71. The van der Waals surface area contributed by atoms with E-state index in [1.54, 1.807) is 0 Å². The Morgan fingerprint density at radius 2 is 2.11 bits per heavy atom. The largest absolute Gasteiger partial charge is 0.478 e. The summed E-state index contributed by atoms with van der Waals surface area (Å²) in [6.45, 7) is 0. The molecule has 150 valence electrons. The number of carboxylic acid groups (broad SMARTS) is 1. The molecule has 3 rings (SSSR count). The van der Waals surface area contributed by atoms with E-state index in [0.29, 0.717) is 4.88 Å². The molecule has 3 N–H and O–H groups in total. The Labute approximate surface area is 169 Å². The summed E-state index contributed by atoms with van der Waals surface area (Å²) in [4.78, 5) is 24.2. The maximum absolute atomic E-state index is 13.3. The van der Waals surface area contributed by atoms with Crippen molar-refractivity contribution in [2.75, 3.05) is 12.4 Å². The van der Waals surface area contributed by atoms with Crippen molar-refractivity contribution >= 4 is 50.7 Å². The maximum atomic E-state index is 13.3. The van der Waals surface area contributed by atoms with Gasteiger partial charge in [-0.15, -0.1) is 11.3 Å². The number of carboxylic acids is 1. The molecule has 12 heteroatoms. The minimum Gasteiger partial charge on any atom is -0.478 e. The third-order valence-corrected chi connectivity index (χ3v) is 7.20. The van der Waals surface area contributed by atoms with Crippen molar-refractivity contribution in [1.82, 2.24) is 9.03 Å². The van der Waals surface area contributed by atoms with Gasteiger partial charge >= 0.3 is 5.97 Å². The smallest absolute Gasteiger partial charge is 0.336 e. The van der Waals surface area contributed by atoms with Crippen molar-refractivity contribution in [3.63, 3.8) is 0 Å². The first kappa shape index (κ1) is 20.7. The molecule has 0 aliphatic carbocycles. The van der Waals surface area contributed by atoms with Crippen LogP contribution in [0.4, 0.5) is 10.1 Å². The van der Waals surface area contributed by atoms with Gasteiger partial charge in [-0.25, -0.2) is 9.18 Å². The molecule has 1 saturated heterocycles. The van der Waals surface area contributed by atoms with Crippen LogP contribution in [-0.2, 0) is 15.0 Å². The van der Waals surface area contributed by atoms with E-state index in [1.807, 2.05) is 0 Å². The predicted molar refractivity (Wildman–Crippen MR) is 102 cm³/mol. The summed E-state index contributed by atoms with van der Waals surface area (Å²) < 4.78 is 41.5. The van der Waals surface area contributed by atoms with E-state index in [0.717, 1.165) is 21.7 Å². The number of hydrogen-bond acceptors (Lipinski definition) is 5. The van der Waals surface area contributed by atoms with Gasteiger partial charge in [0.15, 0.2) is 0 Å². The molecule has 0 radical (unpaired) electrons. The normalized spacial score (nSPS) is 22.0. The molecule has 2 heterocycles. The Bertz CT molecular complexity index is 1040. The van der Waals surface area contributed by atoms with E-state index in [-0.39, 0.29) is 22.7 Å². The molecular weight excluding hydrogens is 433 g/mol. The Morgan fingerprint density at radius 3 is 2.71 bits per heavy atom. The molecule has 1 aromatic carbocycles. The molecule has 0 saturated carbocycles. The van der Waals surface area contributed by atoms with Crippen molar-refractivity contribution in [3.05, 3.63) is 50.9 Å². The van der Waals surface area contributed by atoms with Crippen LogP contribution in [0.3, 0.4) is 0 Å². The number of likely N-dealkylation sites (N-methyl/N-ethyl adjacent to an activating group) is 1. The van der Waals surface area contributed by atoms with Crippen LogP contribution < -0.4 is 10.0 Å². The monoisotopic (exact) mass is 447 g/mol. The van der Waals surface area contributed by atoms with Gasteiger partial charge < -0.3 is 10.4 Å². The molecule has 2 unspecified atom stereocenters. The third kappa shape index (κ3) is 4.18. The van der Waals surface area contributed by atoms with Crippen LogP contribution in [0.1, 0.15) is 27.7 Å². The van der Waals surface area contributed by atoms with Crippen LogP contribution in [0, 0.1) is 5.82 Å². The Kier molecular flexibility index (Phi) is 5.73. The zero-order valence-electron chi connectivity index (χ0n) is 14.3. The van der Waals surface area contributed by atoms with E-state index in [2.05, 4.69) is 10.0 Å². The molecular formula is C16H15ClFN3O5S2. The summed E-state index contributed by atoms with van der Waals surface area (Å²) in [5.41, 5.74) is 0.265. The van der Waals surface area contributed by atoms with Gasteiger partial charge in [0.2, 0.25) is 5.91 Å². The second kappa shape index (κ2) is 7.76. The van der Waals surface area contributed by atoms with Crippen LogP contribution in [0.2, 0.25) is 5.02 Å². The quantitative estimate of drug-likeness (QED) is 0.665. The second-order valence-corrected chi connectivity index (χ2v) is 9.22. The van der Waals surface area contributed by atoms with Crippen molar-refractivity contribution in [2.45, 2.75) is 18.5 Å². The van der Waals surface area contributed by atoms with E-state index >= 15 is 0 Å². The fraction of sp³-hybridized carbons (Fsp3) is 0.250. The molecule has 2 atom stereocenters. The van der Waals surface area contributed by atoms with Crippen molar-refractivity contribution in [3.8, 4) is 0 Å². The summed E-state index contributed by atoms with van der Waals surface area (Å²) in [5.74, 6) is -2.38. The number of amides is 1. The Morgan fingerprint density at radius 1 is 1.39 bits per heavy atom. The highest BCUT2D eigenvalue weighted by Gasteiger charge is 2.41. The van der Waals surface area contributed by atoms with Gasteiger partial charge in [0.05, 0.1) is 16.6 Å². The fourth-order valence-corrected chi connectivity index (χ4v) is 5.21. The number of thiophene rings is 1. The average molecular weight is 448 g/mol. The van der Waals surface area contributed by atoms with Crippen molar-refractivity contribution in [1.29, 1.82) is 0 Å². The molecule has 28 heavy (non-hydrogen) atoms. The van der Waals surface area contributed by atoms with E-state index < -0.39 is 40.0 Å². The highest BCUT2D eigenvalue weighted by atomic mass is 35.5. The zero-order valence-corrected chi connectivity index (χ0v) is 16.7. The SMILES string of the molecule is CN1C(C(=O)Nc2ccc(F)c(Cl)c2)CC(c2cc(C(=O)O)cs2)NS1(=O)=O. The molecule has 0 bridgehead atoms. The van der Waals surface area contributed by atoms with Crippen molar-refractivity contribution in [2.24, 2.45) is 0 Å². The van der Waals surface area contributed by atoms with Gasteiger partial charge in [-0.1, -0.05) is 11.6 Å². The summed E-state index contributed by atoms with van der Waals surface area (Å²) in [6.07, 6.45) is 0.0794. The summed E-state index contributed by atoms with van der Waals surface area (Å²) in [6, 6.07) is 3.18. The van der Waals surface area contributed by atoms with Gasteiger partial charge in [0, 0.05) is 23.0 Å². The molecule has 2 aromatic rings. The minimum absolute atomic E-state index is 0.0417. The number of nitrogens with zero attached hydrogens (tertiary/aromatic N) is 1. The molecule has 1 aliphatic rings. The lowest BCUT2D eigenvalue weighted by Gasteiger charge is -2.35. The Hall–Kier alpha value is -2.05. The lowest BCUT2D eigenvalue weighted by atomic mass is 10.0. The first-order chi connectivity index (χ1) is 13.1. The van der Waals surface area contributed by atoms with Crippen LogP contribution >= 0.6 is 22.9 Å². The highest BCUT2D eigenvalue weighted by molar-refractivity contribution is 7.87. The zero-order chi connectivity index (χ0) is 20.6. The number of benzene rings is 1. The van der Waals surface area contributed by atoms with Crippen molar-refractivity contribution < 1.29 is 27.5 Å². The van der Waals surface area contributed by atoms with Gasteiger partial charge in [-0.3, -0.25) is 4.79 Å². The molecule has 1 aliphatic heterocycles. The van der Waals surface area contributed by atoms with Gasteiger partial charge in [-0.05, 0) is 30.7 Å². The standard InChI is InChI=1S/C16H15ClFN3O5S2/c1-21-13(15(22)19-9-2-3-11(18)10(17)5-9)6-12(20-28(21,25)26)14-4-8(7-27-14)16(23)24/h2-5,7,12-13,20H,6H2,1H3,(H,19,22)(H,23,24). The topological polar surface area (TPSA) is 116 Å². The molecule has 8 nitrogen and oxygen atoms in total.